The lowest BCUT2D eigenvalue weighted by Crippen LogP contribution is -2.30. The predicted octanol–water partition coefficient (Wildman–Crippen LogP) is 2.79. The zero-order valence-electron chi connectivity index (χ0n) is 10.6. The highest BCUT2D eigenvalue weighted by Gasteiger charge is 2.42. The number of amides is 1. The Bertz CT molecular complexity index is 452. The van der Waals surface area contributed by atoms with Crippen molar-refractivity contribution in [3.05, 3.63) is 16.9 Å². The van der Waals surface area contributed by atoms with E-state index in [4.69, 9.17) is 22.1 Å². The minimum Gasteiger partial charge on any atom is -0.439 e. The number of nitrogens with zero attached hydrogens (tertiary/aromatic N) is 2. The second-order valence-corrected chi connectivity index (χ2v) is 5.62. The van der Waals surface area contributed by atoms with Crippen LogP contribution in [0.2, 0.25) is 5.02 Å². The van der Waals surface area contributed by atoms with E-state index in [1.54, 1.807) is 17.9 Å². The number of carbonyl (C=O) groups is 1. The Hall–Kier alpha value is -1.23. The molecule has 0 aromatic carbocycles. The van der Waals surface area contributed by atoms with Crippen LogP contribution in [0.4, 0.5) is 4.79 Å². The van der Waals surface area contributed by atoms with Crippen LogP contribution >= 0.6 is 11.6 Å². The molecule has 6 heteroatoms. The van der Waals surface area contributed by atoms with Gasteiger partial charge in [-0.05, 0) is 12.8 Å². The molecule has 1 aliphatic carbocycles. The first kappa shape index (κ1) is 13.2. The van der Waals surface area contributed by atoms with Crippen LogP contribution in [0.15, 0.2) is 6.20 Å². The third kappa shape index (κ3) is 2.46. The van der Waals surface area contributed by atoms with Gasteiger partial charge in [-0.2, -0.15) is 5.10 Å². The van der Waals surface area contributed by atoms with E-state index in [2.05, 4.69) is 12.0 Å². The van der Waals surface area contributed by atoms with Gasteiger partial charge in [0.15, 0.2) is 6.10 Å². The van der Waals surface area contributed by atoms with E-state index in [1.165, 1.54) is 0 Å². The lowest BCUT2D eigenvalue weighted by molar-refractivity contribution is 0.0169. The Kier molecular flexibility index (Phi) is 3.52. The van der Waals surface area contributed by atoms with Gasteiger partial charge in [-0.3, -0.25) is 4.68 Å². The van der Waals surface area contributed by atoms with E-state index in [9.17, 15) is 4.79 Å². The van der Waals surface area contributed by atoms with E-state index in [-0.39, 0.29) is 5.41 Å². The van der Waals surface area contributed by atoms with Gasteiger partial charge in [-0.1, -0.05) is 31.4 Å². The summed E-state index contributed by atoms with van der Waals surface area (Å²) in [5.74, 6) is 0. The lowest BCUT2D eigenvalue weighted by Gasteiger charge is -2.32. The number of primary amides is 1. The number of hydrogen-bond acceptors (Lipinski definition) is 3. The van der Waals surface area contributed by atoms with Crippen molar-refractivity contribution in [2.45, 2.75) is 38.7 Å². The van der Waals surface area contributed by atoms with Gasteiger partial charge >= 0.3 is 6.09 Å². The van der Waals surface area contributed by atoms with Gasteiger partial charge < -0.3 is 10.5 Å². The Morgan fingerprint density at radius 3 is 2.67 bits per heavy atom. The molecule has 1 aromatic rings. The Labute approximate surface area is 111 Å². The second-order valence-electron chi connectivity index (χ2n) is 5.21. The molecule has 0 bridgehead atoms. The molecule has 0 radical (unpaired) electrons. The molecule has 1 saturated carbocycles. The molecule has 1 amide bonds. The standard InChI is InChI=1S/C12H18ClN3O2/c1-12(5-3-4-6-12)10(18-11(14)17)9-8(13)7-16(2)15-9/h7,10H,3-6H2,1-2H3,(H2,14,17). The largest absolute Gasteiger partial charge is 0.439 e. The number of nitrogens with two attached hydrogens (primary N) is 1. The van der Waals surface area contributed by atoms with Gasteiger partial charge in [0.05, 0.1) is 5.02 Å². The molecule has 0 spiro atoms. The van der Waals surface area contributed by atoms with Gasteiger partial charge in [0, 0.05) is 18.7 Å². The monoisotopic (exact) mass is 271 g/mol. The first-order valence-electron chi connectivity index (χ1n) is 6.07. The first-order valence-corrected chi connectivity index (χ1v) is 6.45. The van der Waals surface area contributed by atoms with Crippen LogP contribution in [0.1, 0.15) is 44.4 Å². The van der Waals surface area contributed by atoms with Crippen molar-refractivity contribution in [2.24, 2.45) is 18.2 Å². The molecule has 1 aliphatic rings. The van der Waals surface area contributed by atoms with Gasteiger partial charge in [-0.15, -0.1) is 0 Å². The maximum atomic E-state index is 11.1. The van der Waals surface area contributed by atoms with Crippen LogP contribution in [-0.4, -0.2) is 15.9 Å². The normalized spacial score (nSPS) is 19.7. The van der Waals surface area contributed by atoms with E-state index >= 15 is 0 Å². The van der Waals surface area contributed by atoms with Gasteiger partial charge in [0.2, 0.25) is 0 Å². The third-order valence-electron chi connectivity index (χ3n) is 3.67. The van der Waals surface area contributed by atoms with Gasteiger partial charge in [0.1, 0.15) is 5.69 Å². The maximum absolute atomic E-state index is 11.1. The SMILES string of the molecule is Cn1cc(Cl)c(C(OC(N)=O)C2(C)CCCC2)n1. The molecular formula is C12H18ClN3O2. The highest BCUT2D eigenvalue weighted by molar-refractivity contribution is 6.31. The fourth-order valence-corrected chi connectivity index (χ4v) is 3.02. The van der Waals surface area contributed by atoms with Crippen LogP contribution in [0.5, 0.6) is 0 Å². The average molecular weight is 272 g/mol. The number of halogens is 1. The number of carbonyl (C=O) groups excluding carboxylic acids is 1. The van der Waals surface area contributed by atoms with Crippen LogP contribution in [0.25, 0.3) is 0 Å². The van der Waals surface area contributed by atoms with Crippen molar-refractivity contribution in [2.75, 3.05) is 0 Å². The summed E-state index contributed by atoms with van der Waals surface area (Å²) in [6.45, 7) is 2.10. The number of aryl methyl sites for hydroxylation is 1. The van der Waals surface area contributed by atoms with Crippen LogP contribution in [0, 0.1) is 5.41 Å². The maximum Gasteiger partial charge on any atom is 0.405 e. The summed E-state index contributed by atoms with van der Waals surface area (Å²) in [6, 6.07) is 0. The highest BCUT2D eigenvalue weighted by atomic mass is 35.5. The number of ether oxygens (including phenoxy) is 1. The van der Waals surface area contributed by atoms with Crippen LogP contribution < -0.4 is 5.73 Å². The molecule has 1 fully saturated rings. The minimum absolute atomic E-state index is 0.132. The molecule has 0 aliphatic heterocycles. The molecule has 100 valence electrons. The summed E-state index contributed by atoms with van der Waals surface area (Å²) in [5.41, 5.74) is 5.64. The zero-order chi connectivity index (χ0) is 13.3. The van der Waals surface area contributed by atoms with E-state index in [0.29, 0.717) is 10.7 Å². The Morgan fingerprint density at radius 2 is 2.22 bits per heavy atom. The first-order chi connectivity index (χ1) is 8.42. The fraction of sp³-hybridized carbons (Fsp3) is 0.667. The summed E-state index contributed by atoms with van der Waals surface area (Å²) in [4.78, 5) is 11.1. The van der Waals surface area contributed by atoms with Gasteiger partial charge in [0.25, 0.3) is 0 Å². The molecule has 2 rings (SSSR count). The molecule has 1 heterocycles. The van der Waals surface area contributed by atoms with E-state index in [1.807, 2.05) is 0 Å². The molecule has 0 saturated heterocycles. The Balaban J connectivity index is 2.36. The van der Waals surface area contributed by atoms with E-state index < -0.39 is 12.2 Å². The summed E-state index contributed by atoms with van der Waals surface area (Å²) >= 11 is 6.15. The lowest BCUT2D eigenvalue weighted by atomic mass is 9.81. The number of aromatic nitrogens is 2. The molecule has 18 heavy (non-hydrogen) atoms. The smallest absolute Gasteiger partial charge is 0.405 e. The summed E-state index contributed by atoms with van der Waals surface area (Å²) < 4.78 is 6.91. The van der Waals surface area contributed by atoms with Crippen molar-refractivity contribution in [1.29, 1.82) is 0 Å². The molecule has 5 nitrogen and oxygen atoms in total. The number of rotatable bonds is 3. The highest BCUT2D eigenvalue weighted by Crippen LogP contribution is 2.49. The third-order valence-corrected chi connectivity index (χ3v) is 3.96. The molecule has 2 N–H and O–H groups in total. The van der Waals surface area contributed by atoms with Crippen molar-refractivity contribution in [1.82, 2.24) is 9.78 Å². The van der Waals surface area contributed by atoms with Crippen molar-refractivity contribution >= 4 is 17.7 Å². The average Bonchev–Trinajstić information content (AvgIpc) is 2.82. The summed E-state index contributed by atoms with van der Waals surface area (Å²) in [5, 5.41) is 4.82. The Morgan fingerprint density at radius 1 is 1.61 bits per heavy atom. The quantitative estimate of drug-likeness (QED) is 0.919. The number of hydrogen-bond donors (Lipinski definition) is 1. The van der Waals surface area contributed by atoms with E-state index in [0.717, 1.165) is 25.7 Å². The summed E-state index contributed by atoms with van der Waals surface area (Å²) in [6.07, 6.45) is 4.67. The molecular weight excluding hydrogens is 254 g/mol. The summed E-state index contributed by atoms with van der Waals surface area (Å²) in [7, 11) is 1.79. The molecule has 1 unspecified atom stereocenters. The predicted molar refractivity (Wildman–Crippen MR) is 68.2 cm³/mol. The van der Waals surface area contributed by atoms with Crippen molar-refractivity contribution in [3.63, 3.8) is 0 Å². The topological polar surface area (TPSA) is 70.1 Å². The van der Waals surface area contributed by atoms with Gasteiger partial charge in [-0.25, -0.2) is 4.79 Å². The second kappa shape index (κ2) is 4.80. The minimum atomic E-state index is -0.783. The molecule has 1 atom stereocenters. The zero-order valence-corrected chi connectivity index (χ0v) is 11.4. The molecule has 1 aromatic heterocycles. The van der Waals surface area contributed by atoms with Crippen molar-refractivity contribution < 1.29 is 9.53 Å². The van der Waals surface area contributed by atoms with Crippen LogP contribution in [-0.2, 0) is 11.8 Å². The van der Waals surface area contributed by atoms with Crippen LogP contribution in [0.3, 0.4) is 0 Å². The van der Waals surface area contributed by atoms with Crippen molar-refractivity contribution in [3.8, 4) is 0 Å². The fourth-order valence-electron chi connectivity index (χ4n) is 2.74.